The summed E-state index contributed by atoms with van der Waals surface area (Å²) in [5, 5.41) is 6.86. The molecule has 2 N–H and O–H groups in total. The van der Waals surface area contributed by atoms with E-state index in [1.54, 1.807) is 7.05 Å². The normalized spacial score (nSPS) is 15.2. The molecule has 0 aliphatic carbocycles. The van der Waals surface area contributed by atoms with Crippen LogP contribution in [0, 0.1) is 0 Å². The third-order valence-electron chi connectivity index (χ3n) is 4.18. The van der Waals surface area contributed by atoms with Crippen LogP contribution < -0.4 is 15.4 Å². The van der Waals surface area contributed by atoms with E-state index < -0.39 is 0 Å². The number of piperazine rings is 1. The summed E-state index contributed by atoms with van der Waals surface area (Å²) in [6, 6.07) is 7.61. The molecule has 0 atom stereocenters. The maximum atomic E-state index is 11.9. The van der Waals surface area contributed by atoms with Gasteiger partial charge in [-0.15, -0.1) is 24.0 Å². The van der Waals surface area contributed by atoms with Crippen molar-refractivity contribution in [2.45, 2.75) is 19.9 Å². The molecule has 1 aliphatic heterocycles. The van der Waals surface area contributed by atoms with Crippen LogP contribution in [0.1, 0.15) is 13.8 Å². The smallest absolute Gasteiger partial charge is 0.234 e. The van der Waals surface area contributed by atoms with Gasteiger partial charge < -0.3 is 20.3 Å². The highest BCUT2D eigenvalue weighted by atomic mass is 127. The minimum Gasteiger partial charge on any atom is -0.490 e. The Hall–Kier alpha value is -1.26. The van der Waals surface area contributed by atoms with Gasteiger partial charge in [0.05, 0.1) is 18.1 Å². The molecule has 1 aromatic carbocycles. The average molecular weight is 524 g/mol. The molecule has 1 aliphatic rings. The Kier molecular flexibility index (Phi) is 11.6. The van der Waals surface area contributed by atoms with E-state index in [4.69, 9.17) is 16.3 Å². The molecule has 7 nitrogen and oxygen atoms in total. The standard InChI is InChI=1S/C19H30ClN5O2.HI/c1-15(2)23-18(26)14-24-9-11-25(12-10-24)19(21-3)22-8-13-27-17-7-5-4-6-16(17)20;/h4-7,15H,8-14H2,1-3H3,(H,21,22)(H,23,26);1H. The Morgan fingerprint density at radius 3 is 2.54 bits per heavy atom. The number of guanidine groups is 1. The predicted octanol–water partition coefficient (Wildman–Crippen LogP) is 2.05. The van der Waals surface area contributed by atoms with Gasteiger partial charge in [-0.05, 0) is 26.0 Å². The first-order chi connectivity index (χ1) is 13.0. The number of nitrogens with zero attached hydrogens (tertiary/aromatic N) is 3. The van der Waals surface area contributed by atoms with Crippen molar-refractivity contribution in [2.24, 2.45) is 4.99 Å². The van der Waals surface area contributed by atoms with Crippen molar-refractivity contribution in [1.29, 1.82) is 0 Å². The zero-order valence-corrected chi connectivity index (χ0v) is 19.9. The number of carbonyl (C=O) groups excluding carboxylic acids is 1. The number of halogens is 2. The molecule has 0 spiro atoms. The summed E-state index contributed by atoms with van der Waals surface area (Å²) in [5.41, 5.74) is 0. The van der Waals surface area contributed by atoms with Crippen molar-refractivity contribution in [3.63, 3.8) is 0 Å². The van der Waals surface area contributed by atoms with E-state index >= 15 is 0 Å². The molecule has 28 heavy (non-hydrogen) atoms. The number of benzene rings is 1. The molecule has 0 unspecified atom stereocenters. The largest absolute Gasteiger partial charge is 0.490 e. The highest BCUT2D eigenvalue weighted by Gasteiger charge is 2.21. The number of aliphatic imine (C=N–C) groups is 1. The van der Waals surface area contributed by atoms with Gasteiger partial charge in [0.25, 0.3) is 0 Å². The third-order valence-corrected chi connectivity index (χ3v) is 4.49. The number of ether oxygens (including phenoxy) is 1. The van der Waals surface area contributed by atoms with E-state index in [1.165, 1.54) is 0 Å². The summed E-state index contributed by atoms with van der Waals surface area (Å²) in [7, 11) is 1.78. The van der Waals surface area contributed by atoms with Gasteiger partial charge in [-0.2, -0.15) is 0 Å². The Balaban J connectivity index is 0.00000392. The van der Waals surface area contributed by atoms with E-state index in [9.17, 15) is 4.79 Å². The van der Waals surface area contributed by atoms with Crippen molar-refractivity contribution in [3.05, 3.63) is 29.3 Å². The van der Waals surface area contributed by atoms with E-state index in [0.29, 0.717) is 30.5 Å². The number of para-hydroxylation sites is 1. The van der Waals surface area contributed by atoms with E-state index in [1.807, 2.05) is 38.1 Å². The first-order valence-corrected chi connectivity index (χ1v) is 9.72. The van der Waals surface area contributed by atoms with E-state index in [-0.39, 0.29) is 35.9 Å². The fraction of sp³-hybridized carbons (Fsp3) is 0.579. The molecule has 9 heteroatoms. The highest BCUT2D eigenvalue weighted by molar-refractivity contribution is 14.0. The molecule has 1 amide bonds. The second-order valence-electron chi connectivity index (χ2n) is 6.74. The summed E-state index contributed by atoms with van der Waals surface area (Å²) in [5.74, 6) is 1.62. The Morgan fingerprint density at radius 1 is 1.25 bits per heavy atom. The van der Waals surface area contributed by atoms with Crippen molar-refractivity contribution < 1.29 is 9.53 Å². The Labute approximate surface area is 189 Å². The van der Waals surface area contributed by atoms with Gasteiger partial charge in [0, 0.05) is 39.3 Å². The highest BCUT2D eigenvalue weighted by Crippen LogP contribution is 2.22. The molecule has 0 saturated carbocycles. The summed E-state index contributed by atoms with van der Waals surface area (Å²) in [6.07, 6.45) is 0. The number of hydrogen-bond donors (Lipinski definition) is 2. The van der Waals surface area contributed by atoms with Crippen LogP contribution in [0.5, 0.6) is 5.75 Å². The molecule has 2 rings (SSSR count). The van der Waals surface area contributed by atoms with Crippen LogP contribution in [0.4, 0.5) is 0 Å². The van der Waals surface area contributed by atoms with Crippen molar-refractivity contribution in [3.8, 4) is 5.75 Å². The summed E-state index contributed by atoms with van der Waals surface area (Å²) in [4.78, 5) is 20.6. The fourth-order valence-electron chi connectivity index (χ4n) is 2.91. The molecule has 158 valence electrons. The molecule has 1 fully saturated rings. The summed E-state index contributed by atoms with van der Waals surface area (Å²) >= 11 is 6.08. The lowest BCUT2D eigenvalue weighted by Gasteiger charge is -2.36. The van der Waals surface area contributed by atoms with Gasteiger partial charge in [0.1, 0.15) is 12.4 Å². The van der Waals surface area contributed by atoms with Crippen LogP contribution in [0.3, 0.4) is 0 Å². The number of amides is 1. The zero-order chi connectivity index (χ0) is 19.6. The first kappa shape index (κ1) is 24.8. The lowest BCUT2D eigenvalue weighted by molar-refractivity contribution is -0.123. The van der Waals surface area contributed by atoms with Crippen LogP contribution in [-0.2, 0) is 4.79 Å². The lowest BCUT2D eigenvalue weighted by atomic mass is 10.3. The minimum atomic E-state index is 0. The van der Waals surface area contributed by atoms with Crippen LogP contribution >= 0.6 is 35.6 Å². The maximum absolute atomic E-state index is 11.9. The SMILES string of the molecule is CN=C(NCCOc1ccccc1Cl)N1CCN(CC(=O)NC(C)C)CC1.I. The fourth-order valence-corrected chi connectivity index (χ4v) is 3.10. The quantitative estimate of drug-likeness (QED) is 0.248. The third kappa shape index (κ3) is 8.40. The van der Waals surface area contributed by atoms with Gasteiger partial charge in [-0.25, -0.2) is 0 Å². The predicted molar refractivity (Wildman–Crippen MR) is 125 cm³/mol. The monoisotopic (exact) mass is 523 g/mol. The van der Waals surface area contributed by atoms with Crippen molar-refractivity contribution in [1.82, 2.24) is 20.4 Å². The van der Waals surface area contributed by atoms with E-state index in [0.717, 1.165) is 32.1 Å². The van der Waals surface area contributed by atoms with Crippen LogP contribution in [0.2, 0.25) is 5.02 Å². The molecular weight excluding hydrogens is 493 g/mol. The second kappa shape index (κ2) is 13.1. The molecule has 1 saturated heterocycles. The maximum Gasteiger partial charge on any atom is 0.234 e. The zero-order valence-electron chi connectivity index (χ0n) is 16.8. The molecule has 1 heterocycles. The Bertz CT molecular complexity index is 637. The topological polar surface area (TPSA) is 69.2 Å². The van der Waals surface area contributed by atoms with Crippen LogP contribution in [0.15, 0.2) is 29.3 Å². The second-order valence-corrected chi connectivity index (χ2v) is 7.15. The van der Waals surface area contributed by atoms with Crippen LogP contribution in [-0.4, -0.2) is 80.6 Å². The van der Waals surface area contributed by atoms with Gasteiger partial charge in [0.15, 0.2) is 5.96 Å². The Morgan fingerprint density at radius 2 is 1.93 bits per heavy atom. The molecule has 0 bridgehead atoms. The number of nitrogens with one attached hydrogen (secondary N) is 2. The molecule has 0 radical (unpaired) electrons. The summed E-state index contributed by atoms with van der Waals surface area (Å²) < 4.78 is 5.69. The first-order valence-electron chi connectivity index (χ1n) is 9.34. The van der Waals surface area contributed by atoms with Gasteiger partial charge in [-0.1, -0.05) is 23.7 Å². The van der Waals surface area contributed by atoms with E-state index in [2.05, 4.69) is 25.4 Å². The van der Waals surface area contributed by atoms with Gasteiger partial charge in [0.2, 0.25) is 5.91 Å². The number of hydrogen-bond acceptors (Lipinski definition) is 4. The lowest BCUT2D eigenvalue weighted by Crippen LogP contribution is -2.54. The molecular formula is C19H31ClIN5O2. The average Bonchev–Trinajstić information content (AvgIpc) is 2.63. The van der Waals surface area contributed by atoms with Crippen LogP contribution in [0.25, 0.3) is 0 Å². The number of carbonyl (C=O) groups is 1. The molecule has 0 aromatic heterocycles. The minimum absolute atomic E-state index is 0. The summed E-state index contributed by atoms with van der Waals surface area (Å²) in [6.45, 7) is 8.86. The molecule has 1 aromatic rings. The van der Waals surface area contributed by atoms with Gasteiger partial charge in [-0.3, -0.25) is 14.7 Å². The van der Waals surface area contributed by atoms with Crippen molar-refractivity contribution >= 4 is 47.4 Å². The van der Waals surface area contributed by atoms with Gasteiger partial charge >= 0.3 is 0 Å². The van der Waals surface area contributed by atoms with Crippen molar-refractivity contribution in [2.75, 3.05) is 52.9 Å². The number of rotatable bonds is 7.